The van der Waals surface area contributed by atoms with Gasteiger partial charge >= 0.3 is 0 Å². The molecular weight excluding hydrogens is 186 g/mol. The van der Waals surface area contributed by atoms with Crippen LogP contribution in [0.3, 0.4) is 0 Å². The maximum Gasteiger partial charge on any atom is 0.188 e. The molecule has 0 bridgehead atoms. The number of rotatable bonds is 2. The predicted octanol–water partition coefficient (Wildman–Crippen LogP) is 1.53. The van der Waals surface area contributed by atoms with Crippen LogP contribution in [0.4, 0.5) is 0 Å². The molecule has 0 fully saturated rings. The summed E-state index contributed by atoms with van der Waals surface area (Å²) in [5.74, 6) is 0.740. The maximum absolute atomic E-state index is 11.0. The van der Waals surface area contributed by atoms with Crippen LogP contribution >= 0.6 is 11.3 Å². The van der Waals surface area contributed by atoms with E-state index in [-0.39, 0.29) is 5.78 Å². The van der Waals surface area contributed by atoms with E-state index in [0.717, 1.165) is 5.82 Å². The first-order valence-corrected chi connectivity index (χ1v) is 4.60. The Labute approximate surface area is 78.9 Å². The molecule has 0 saturated carbocycles. The third kappa shape index (κ3) is 1.50. The second-order valence-corrected chi connectivity index (χ2v) is 3.40. The van der Waals surface area contributed by atoms with E-state index in [1.165, 1.54) is 18.3 Å². The first-order chi connectivity index (χ1) is 6.27. The maximum atomic E-state index is 11.0. The molecule has 0 aliphatic carbocycles. The zero-order valence-electron chi connectivity index (χ0n) is 6.97. The molecule has 4 nitrogen and oxygen atoms in total. The number of hydrogen-bond acceptors (Lipinski definition) is 4. The molecular formula is C8H7N3OS. The van der Waals surface area contributed by atoms with Crippen LogP contribution in [0.5, 0.6) is 0 Å². The van der Waals surface area contributed by atoms with Gasteiger partial charge in [0.25, 0.3) is 0 Å². The summed E-state index contributed by atoms with van der Waals surface area (Å²) in [5, 5.41) is 2.36. The summed E-state index contributed by atoms with van der Waals surface area (Å²) in [7, 11) is 0. The van der Waals surface area contributed by atoms with E-state index in [9.17, 15) is 4.79 Å². The molecule has 0 saturated heterocycles. The smallest absolute Gasteiger partial charge is 0.188 e. The third-order valence-electron chi connectivity index (χ3n) is 1.56. The van der Waals surface area contributed by atoms with Gasteiger partial charge in [-0.15, -0.1) is 11.3 Å². The number of imidazole rings is 1. The van der Waals surface area contributed by atoms with Crippen molar-refractivity contribution in [3.05, 3.63) is 29.1 Å². The average Bonchev–Trinajstić information content (AvgIpc) is 2.75. The number of carbonyl (C=O) groups excluding carboxylic acids is 1. The zero-order chi connectivity index (χ0) is 9.26. The summed E-state index contributed by atoms with van der Waals surface area (Å²) in [5.41, 5.74) is 0. The highest BCUT2D eigenvalue weighted by molar-refractivity contribution is 7.11. The first-order valence-electron chi connectivity index (χ1n) is 3.72. The Bertz CT molecular complexity index is 418. The topological polar surface area (TPSA) is 47.8 Å². The second-order valence-electron chi connectivity index (χ2n) is 2.54. The quantitative estimate of drug-likeness (QED) is 0.679. The Morgan fingerprint density at radius 1 is 1.62 bits per heavy atom. The Hall–Kier alpha value is -1.49. The molecule has 0 aliphatic rings. The van der Waals surface area contributed by atoms with Crippen molar-refractivity contribution in [2.75, 3.05) is 0 Å². The fraction of sp³-hybridized carbons (Fsp3) is 0.125. The molecule has 2 aromatic rings. The van der Waals surface area contributed by atoms with Crippen molar-refractivity contribution < 1.29 is 4.79 Å². The molecule has 0 N–H and O–H groups in total. The number of ketones is 1. The van der Waals surface area contributed by atoms with Crippen molar-refractivity contribution in [3.8, 4) is 5.82 Å². The Kier molecular flexibility index (Phi) is 1.94. The SMILES string of the molecule is CC(=O)c1nc(-n2ccnc2)cs1. The van der Waals surface area contributed by atoms with Crippen LogP contribution < -0.4 is 0 Å². The van der Waals surface area contributed by atoms with E-state index in [2.05, 4.69) is 9.97 Å². The van der Waals surface area contributed by atoms with E-state index in [1.54, 1.807) is 23.3 Å². The van der Waals surface area contributed by atoms with Gasteiger partial charge in [-0.3, -0.25) is 9.36 Å². The van der Waals surface area contributed by atoms with Gasteiger partial charge in [-0.25, -0.2) is 9.97 Å². The highest BCUT2D eigenvalue weighted by Crippen LogP contribution is 2.13. The lowest BCUT2D eigenvalue weighted by atomic mass is 10.5. The van der Waals surface area contributed by atoms with Crippen molar-refractivity contribution in [1.82, 2.24) is 14.5 Å². The summed E-state index contributed by atoms with van der Waals surface area (Å²) in [6.45, 7) is 1.51. The normalized spacial score (nSPS) is 10.2. The minimum Gasteiger partial charge on any atom is -0.292 e. The monoisotopic (exact) mass is 193 g/mol. The fourth-order valence-electron chi connectivity index (χ4n) is 0.940. The van der Waals surface area contributed by atoms with E-state index >= 15 is 0 Å². The van der Waals surface area contributed by atoms with E-state index in [4.69, 9.17) is 0 Å². The van der Waals surface area contributed by atoms with E-state index < -0.39 is 0 Å². The van der Waals surface area contributed by atoms with Gasteiger partial charge in [0.05, 0.1) is 0 Å². The number of aromatic nitrogens is 3. The molecule has 2 heterocycles. The van der Waals surface area contributed by atoms with E-state index in [0.29, 0.717) is 5.01 Å². The minimum atomic E-state index is -0.00337. The number of hydrogen-bond donors (Lipinski definition) is 0. The molecule has 66 valence electrons. The highest BCUT2D eigenvalue weighted by atomic mass is 32.1. The Balaban J connectivity index is 2.39. The molecule has 0 atom stereocenters. The van der Waals surface area contributed by atoms with Crippen LogP contribution in [0.1, 0.15) is 16.7 Å². The molecule has 2 rings (SSSR count). The van der Waals surface area contributed by atoms with E-state index in [1.807, 2.05) is 5.38 Å². The fourth-order valence-corrected chi connectivity index (χ4v) is 1.64. The van der Waals surface area contributed by atoms with Crippen molar-refractivity contribution in [1.29, 1.82) is 0 Å². The third-order valence-corrected chi connectivity index (χ3v) is 2.49. The molecule has 0 aromatic carbocycles. The predicted molar refractivity (Wildman–Crippen MR) is 49.2 cm³/mol. The van der Waals surface area contributed by atoms with Crippen LogP contribution in [-0.2, 0) is 0 Å². The van der Waals surface area contributed by atoms with Crippen molar-refractivity contribution in [2.45, 2.75) is 6.92 Å². The van der Waals surface area contributed by atoms with Crippen LogP contribution in [0, 0.1) is 0 Å². The summed E-state index contributed by atoms with van der Waals surface area (Å²) < 4.78 is 1.77. The highest BCUT2D eigenvalue weighted by Gasteiger charge is 2.06. The molecule has 5 heteroatoms. The Morgan fingerprint density at radius 3 is 3.00 bits per heavy atom. The van der Waals surface area contributed by atoms with Gasteiger partial charge < -0.3 is 0 Å². The van der Waals surface area contributed by atoms with Crippen molar-refractivity contribution >= 4 is 17.1 Å². The number of Topliss-reactive ketones (excluding diaryl/α,β-unsaturated/α-hetero) is 1. The molecule has 0 amide bonds. The molecule has 0 aliphatic heterocycles. The van der Waals surface area contributed by atoms with Crippen LogP contribution in [0.2, 0.25) is 0 Å². The van der Waals surface area contributed by atoms with Crippen LogP contribution in [0.25, 0.3) is 5.82 Å². The largest absolute Gasteiger partial charge is 0.292 e. The summed E-state index contributed by atoms with van der Waals surface area (Å²) in [6.07, 6.45) is 5.12. The number of nitrogens with zero attached hydrogens (tertiary/aromatic N) is 3. The first kappa shape index (κ1) is 8.12. The Morgan fingerprint density at radius 2 is 2.46 bits per heavy atom. The lowest BCUT2D eigenvalue weighted by Crippen LogP contribution is -1.94. The zero-order valence-corrected chi connectivity index (χ0v) is 7.78. The molecule has 0 spiro atoms. The van der Waals surface area contributed by atoms with Gasteiger partial charge in [-0.2, -0.15) is 0 Å². The summed E-state index contributed by atoms with van der Waals surface area (Å²) in [6, 6.07) is 0. The molecule has 0 radical (unpaired) electrons. The van der Waals surface area contributed by atoms with Crippen LogP contribution in [-0.4, -0.2) is 20.3 Å². The van der Waals surface area contributed by atoms with Gasteiger partial charge in [0.2, 0.25) is 0 Å². The second kappa shape index (κ2) is 3.10. The number of thiazole rings is 1. The lowest BCUT2D eigenvalue weighted by Gasteiger charge is -1.92. The van der Waals surface area contributed by atoms with Crippen molar-refractivity contribution in [2.24, 2.45) is 0 Å². The standard InChI is InChI=1S/C8H7N3OS/c1-6(12)8-10-7(4-13-8)11-3-2-9-5-11/h2-5H,1H3. The van der Waals surface area contributed by atoms with Crippen LogP contribution in [0.15, 0.2) is 24.1 Å². The van der Waals surface area contributed by atoms with Gasteiger partial charge in [-0.1, -0.05) is 0 Å². The van der Waals surface area contributed by atoms with Crippen molar-refractivity contribution in [3.63, 3.8) is 0 Å². The molecule has 0 unspecified atom stereocenters. The van der Waals surface area contributed by atoms with Gasteiger partial charge in [0, 0.05) is 24.7 Å². The van der Waals surface area contributed by atoms with Gasteiger partial charge in [0.15, 0.2) is 10.8 Å². The number of carbonyl (C=O) groups is 1. The van der Waals surface area contributed by atoms with Gasteiger partial charge in [0.1, 0.15) is 12.1 Å². The average molecular weight is 193 g/mol. The minimum absolute atomic E-state index is 0.00337. The van der Waals surface area contributed by atoms with Gasteiger partial charge in [-0.05, 0) is 0 Å². The molecule has 2 aromatic heterocycles. The lowest BCUT2D eigenvalue weighted by molar-refractivity contribution is 0.101. The summed E-state index contributed by atoms with van der Waals surface area (Å²) >= 11 is 1.35. The summed E-state index contributed by atoms with van der Waals surface area (Å²) in [4.78, 5) is 19.0. The molecule has 13 heavy (non-hydrogen) atoms.